The zero-order chi connectivity index (χ0) is 17.2. The third-order valence-electron chi connectivity index (χ3n) is 7.23. The first kappa shape index (κ1) is 17.4. The number of amides is 2. The number of carbonyl (C=O) groups is 2. The number of rotatable bonds is 5. The van der Waals surface area contributed by atoms with Gasteiger partial charge in [0.15, 0.2) is 0 Å². The summed E-state index contributed by atoms with van der Waals surface area (Å²) in [6, 6.07) is 0.420. The second kappa shape index (κ2) is 7.67. The van der Waals surface area contributed by atoms with E-state index in [2.05, 4.69) is 5.32 Å². The molecule has 4 fully saturated rings. The average Bonchev–Trinajstić information content (AvgIpc) is 3.12. The van der Waals surface area contributed by atoms with Gasteiger partial charge in [0.2, 0.25) is 11.8 Å². The Balaban J connectivity index is 1.31. The molecule has 1 heterocycles. The maximum atomic E-state index is 12.9. The van der Waals surface area contributed by atoms with Gasteiger partial charge in [0.1, 0.15) is 0 Å². The normalized spacial score (nSPS) is 26.5. The first-order valence-electron chi connectivity index (χ1n) is 10.8. The van der Waals surface area contributed by atoms with Crippen LogP contribution in [0.3, 0.4) is 0 Å². The van der Waals surface area contributed by atoms with Gasteiger partial charge in [-0.1, -0.05) is 25.7 Å². The molecule has 4 heteroatoms. The summed E-state index contributed by atoms with van der Waals surface area (Å²) in [5.41, 5.74) is 0. The monoisotopic (exact) mass is 346 g/mol. The molecule has 4 rings (SSSR count). The molecular weight excluding hydrogens is 312 g/mol. The van der Waals surface area contributed by atoms with E-state index >= 15 is 0 Å². The molecule has 0 bridgehead atoms. The summed E-state index contributed by atoms with van der Waals surface area (Å²) >= 11 is 0. The van der Waals surface area contributed by atoms with E-state index in [0.717, 1.165) is 38.8 Å². The van der Waals surface area contributed by atoms with Gasteiger partial charge in [0.25, 0.3) is 0 Å². The Bertz CT molecular complexity index is 466. The molecule has 1 saturated heterocycles. The lowest BCUT2D eigenvalue weighted by atomic mass is 9.85. The number of nitrogens with one attached hydrogen (secondary N) is 1. The van der Waals surface area contributed by atoms with Crippen LogP contribution in [-0.2, 0) is 9.59 Å². The van der Waals surface area contributed by atoms with Crippen molar-refractivity contribution < 1.29 is 9.59 Å². The predicted molar refractivity (Wildman–Crippen MR) is 97.9 cm³/mol. The van der Waals surface area contributed by atoms with Gasteiger partial charge in [0, 0.05) is 31.0 Å². The average molecular weight is 347 g/mol. The lowest BCUT2D eigenvalue weighted by Gasteiger charge is -2.35. The molecule has 4 nitrogen and oxygen atoms in total. The van der Waals surface area contributed by atoms with Crippen molar-refractivity contribution in [3.8, 4) is 0 Å². The SMILES string of the molecule is O=C(NC(C1CCCC1)C1CCCC1)C1CCN(C(=O)C2CC2)CC1. The molecule has 25 heavy (non-hydrogen) atoms. The molecule has 3 saturated carbocycles. The molecule has 1 aliphatic heterocycles. The lowest BCUT2D eigenvalue weighted by Crippen LogP contribution is -2.49. The predicted octanol–water partition coefficient (Wildman–Crippen LogP) is 3.50. The summed E-state index contributed by atoms with van der Waals surface area (Å²) in [5.74, 6) is 2.47. The van der Waals surface area contributed by atoms with Crippen LogP contribution in [0.25, 0.3) is 0 Å². The highest BCUT2D eigenvalue weighted by Crippen LogP contribution is 2.38. The van der Waals surface area contributed by atoms with Gasteiger partial charge in [-0.2, -0.15) is 0 Å². The van der Waals surface area contributed by atoms with E-state index in [1.807, 2.05) is 4.90 Å². The molecule has 1 N–H and O–H groups in total. The Kier molecular flexibility index (Phi) is 5.33. The number of likely N-dealkylation sites (tertiary alicyclic amines) is 1. The van der Waals surface area contributed by atoms with Crippen LogP contribution in [-0.4, -0.2) is 35.8 Å². The zero-order valence-electron chi connectivity index (χ0n) is 15.5. The van der Waals surface area contributed by atoms with E-state index in [4.69, 9.17) is 0 Å². The van der Waals surface area contributed by atoms with Crippen LogP contribution in [0.4, 0.5) is 0 Å². The maximum absolute atomic E-state index is 12.9. The fourth-order valence-corrected chi connectivity index (χ4v) is 5.49. The molecule has 2 amide bonds. The molecule has 0 radical (unpaired) electrons. The third kappa shape index (κ3) is 4.03. The van der Waals surface area contributed by atoms with Gasteiger partial charge in [-0.25, -0.2) is 0 Å². The molecule has 0 atom stereocenters. The van der Waals surface area contributed by atoms with Gasteiger partial charge in [-0.15, -0.1) is 0 Å². The van der Waals surface area contributed by atoms with Gasteiger partial charge in [-0.05, 0) is 63.2 Å². The minimum Gasteiger partial charge on any atom is -0.353 e. The minimum atomic E-state index is 0.119. The number of hydrogen-bond donors (Lipinski definition) is 1. The summed E-state index contributed by atoms with van der Waals surface area (Å²) in [6.45, 7) is 1.57. The number of hydrogen-bond acceptors (Lipinski definition) is 2. The summed E-state index contributed by atoms with van der Waals surface area (Å²) in [4.78, 5) is 27.1. The standard InChI is InChI=1S/C21H34N2O2/c24-20(17-11-13-23(14-12-17)21(25)18-9-10-18)22-19(15-5-1-2-6-15)16-7-3-4-8-16/h15-19H,1-14H2,(H,22,24). The molecule has 0 aromatic carbocycles. The van der Waals surface area contributed by atoms with Crippen molar-refractivity contribution in [2.24, 2.45) is 23.7 Å². The highest BCUT2D eigenvalue weighted by molar-refractivity contribution is 5.82. The second-order valence-electron chi connectivity index (χ2n) is 9.00. The first-order chi connectivity index (χ1) is 12.2. The second-order valence-corrected chi connectivity index (χ2v) is 9.00. The molecule has 140 valence electrons. The van der Waals surface area contributed by atoms with Crippen LogP contribution >= 0.6 is 0 Å². The molecule has 3 aliphatic carbocycles. The number of nitrogens with zero attached hydrogens (tertiary/aromatic N) is 1. The van der Waals surface area contributed by atoms with E-state index in [0.29, 0.717) is 29.7 Å². The van der Waals surface area contributed by atoms with E-state index < -0.39 is 0 Å². The van der Waals surface area contributed by atoms with Crippen LogP contribution in [0, 0.1) is 23.7 Å². The maximum Gasteiger partial charge on any atom is 0.225 e. The van der Waals surface area contributed by atoms with Crippen molar-refractivity contribution in [3.05, 3.63) is 0 Å². The van der Waals surface area contributed by atoms with E-state index in [1.165, 1.54) is 51.4 Å². The van der Waals surface area contributed by atoms with Crippen molar-refractivity contribution >= 4 is 11.8 Å². The lowest BCUT2D eigenvalue weighted by molar-refractivity contribution is -0.137. The van der Waals surface area contributed by atoms with Crippen LogP contribution in [0.5, 0.6) is 0 Å². The minimum absolute atomic E-state index is 0.119. The molecule has 4 aliphatic rings. The van der Waals surface area contributed by atoms with Crippen molar-refractivity contribution in [1.82, 2.24) is 10.2 Å². The summed E-state index contributed by atoms with van der Waals surface area (Å²) < 4.78 is 0. The van der Waals surface area contributed by atoms with E-state index in [-0.39, 0.29) is 11.8 Å². The van der Waals surface area contributed by atoms with Crippen molar-refractivity contribution in [2.45, 2.75) is 83.1 Å². The Hall–Kier alpha value is -1.06. The topological polar surface area (TPSA) is 49.4 Å². The first-order valence-corrected chi connectivity index (χ1v) is 10.8. The fraction of sp³-hybridized carbons (Fsp3) is 0.905. The molecule has 0 unspecified atom stereocenters. The van der Waals surface area contributed by atoms with Gasteiger partial charge >= 0.3 is 0 Å². The third-order valence-corrected chi connectivity index (χ3v) is 7.23. The van der Waals surface area contributed by atoms with Gasteiger partial charge in [-0.3, -0.25) is 9.59 Å². The largest absolute Gasteiger partial charge is 0.353 e. The van der Waals surface area contributed by atoms with Crippen molar-refractivity contribution in [3.63, 3.8) is 0 Å². The summed E-state index contributed by atoms with van der Waals surface area (Å²) in [7, 11) is 0. The van der Waals surface area contributed by atoms with Crippen molar-refractivity contribution in [1.29, 1.82) is 0 Å². The Morgan fingerprint density at radius 3 is 1.72 bits per heavy atom. The summed E-state index contributed by atoms with van der Waals surface area (Å²) in [6.07, 6.45) is 14.4. The number of carbonyl (C=O) groups excluding carboxylic acids is 2. The Morgan fingerprint density at radius 2 is 1.24 bits per heavy atom. The molecule has 0 aromatic heterocycles. The quantitative estimate of drug-likeness (QED) is 0.828. The highest BCUT2D eigenvalue weighted by Gasteiger charge is 2.38. The zero-order valence-corrected chi connectivity index (χ0v) is 15.5. The highest BCUT2D eigenvalue weighted by atomic mass is 16.2. The van der Waals surface area contributed by atoms with Crippen molar-refractivity contribution in [2.75, 3.05) is 13.1 Å². The van der Waals surface area contributed by atoms with E-state index in [1.54, 1.807) is 0 Å². The Morgan fingerprint density at radius 1 is 0.720 bits per heavy atom. The molecular formula is C21H34N2O2. The van der Waals surface area contributed by atoms with E-state index in [9.17, 15) is 9.59 Å². The number of piperidine rings is 1. The molecule has 0 aromatic rings. The smallest absolute Gasteiger partial charge is 0.225 e. The molecule has 0 spiro atoms. The summed E-state index contributed by atoms with van der Waals surface area (Å²) in [5, 5.41) is 3.51. The van der Waals surface area contributed by atoms with Gasteiger partial charge in [0.05, 0.1) is 0 Å². The Labute approximate surface area is 152 Å². The van der Waals surface area contributed by atoms with Crippen LogP contribution in [0.15, 0.2) is 0 Å². The van der Waals surface area contributed by atoms with Gasteiger partial charge < -0.3 is 10.2 Å². The fourth-order valence-electron chi connectivity index (χ4n) is 5.49. The van der Waals surface area contributed by atoms with Crippen LogP contribution in [0.1, 0.15) is 77.0 Å². The van der Waals surface area contributed by atoms with Crippen LogP contribution in [0.2, 0.25) is 0 Å². The van der Waals surface area contributed by atoms with Crippen LogP contribution < -0.4 is 5.32 Å².